The third kappa shape index (κ3) is 7.40. The van der Waals surface area contributed by atoms with Gasteiger partial charge < -0.3 is 14.7 Å². The molecule has 7 heteroatoms. The lowest BCUT2D eigenvalue weighted by Gasteiger charge is -2.36. The third-order valence-electron chi connectivity index (χ3n) is 8.00. The van der Waals surface area contributed by atoms with Gasteiger partial charge in [-0.05, 0) is 34.7 Å². The zero-order valence-corrected chi connectivity index (χ0v) is 24.5. The Labute approximate surface area is 248 Å². The Morgan fingerprint density at radius 1 is 0.762 bits per heavy atom. The van der Waals surface area contributed by atoms with Crippen LogP contribution in [0.4, 0.5) is 5.82 Å². The average molecular weight is 562 g/mol. The first-order valence-corrected chi connectivity index (χ1v) is 14.8. The van der Waals surface area contributed by atoms with Gasteiger partial charge in [0.15, 0.2) is 5.82 Å². The molecule has 0 spiro atoms. The van der Waals surface area contributed by atoms with Gasteiger partial charge in [-0.3, -0.25) is 9.59 Å². The fourth-order valence-electron chi connectivity index (χ4n) is 5.20. The maximum absolute atomic E-state index is 13.3. The molecule has 2 amide bonds. The highest BCUT2D eigenvalue weighted by Crippen LogP contribution is 2.24. The molecular weight excluding hydrogens is 522 g/mol. The molecule has 42 heavy (non-hydrogen) atoms. The number of nitrogens with zero attached hydrogens (tertiary/aromatic N) is 5. The fourth-order valence-corrected chi connectivity index (χ4v) is 5.20. The van der Waals surface area contributed by atoms with Gasteiger partial charge in [0.05, 0.1) is 18.7 Å². The lowest BCUT2D eigenvalue weighted by atomic mass is 10.0. The highest BCUT2D eigenvalue weighted by atomic mass is 16.2. The predicted octanol–water partition coefficient (Wildman–Crippen LogP) is 5.58. The monoisotopic (exact) mass is 561 g/mol. The molecule has 2 heterocycles. The Morgan fingerprint density at radius 2 is 1.38 bits per heavy atom. The molecule has 3 aromatic carbocycles. The van der Waals surface area contributed by atoms with Gasteiger partial charge >= 0.3 is 0 Å². The average Bonchev–Trinajstić information content (AvgIpc) is 3.05. The van der Waals surface area contributed by atoms with Gasteiger partial charge in [-0.1, -0.05) is 105 Å². The maximum atomic E-state index is 13.3. The Balaban J connectivity index is 1.15. The summed E-state index contributed by atoms with van der Waals surface area (Å²) in [4.78, 5) is 32.2. The molecule has 0 bridgehead atoms. The van der Waals surface area contributed by atoms with E-state index in [1.165, 1.54) is 11.1 Å². The van der Waals surface area contributed by atoms with Crippen LogP contribution < -0.4 is 4.90 Å². The topological polar surface area (TPSA) is 69.6 Å². The molecule has 5 rings (SSSR count). The highest BCUT2D eigenvalue weighted by molar-refractivity contribution is 5.86. The van der Waals surface area contributed by atoms with Crippen molar-refractivity contribution in [1.82, 2.24) is 20.0 Å². The number of rotatable bonds is 10. The van der Waals surface area contributed by atoms with E-state index in [4.69, 9.17) is 0 Å². The van der Waals surface area contributed by atoms with Crippen LogP contribution in [0.3, 0.4) is 0 Å². The van der Waals surface area contributed by atoms with E-state index in [0.717, 1.165) is 29.1 Å². The lowest BCUT2D eigenvalue weighted by Crippen LogP contribution is -2.52. The third-order valence-corrected chi connectivity index (χ3v) is 8.00. The van der Waals surface area contributed by atoms with Gasteiger partial charge in [0, 0.05) is 38.3 Å². The van der Waals surface area contributed by atoms with Crippen molar-refractivity contribution in [2.45, 2.75) is 26.7 Å². The van der Waals surface area contributed by atoms with Crippen LogP contribution in [0.1, 0.15) is 25.8 Å². The number of benzene rings is 3. The minimum absolute atomic E-state index is 0.000235. The number of hydrogen-bond acceptors (Lipinski definition) is 5. The van der Waals surface area contributed by atoms with E-state index in [-0.39, 0.29) is 18.4 Å². The standard InChI is InChI=1S/C35H39N5O2/c1-3-27(2)25-40(34(41)24-28-10-6-4-7-11-28)26-35(42)39-22-20-38(21-23-39)33-19-18-32(36-37-33)31-16-14-30(15-17-31)29-12-8-5-9-13-29/h4-19,27H,3,20-26H2,1-2H3/t27-/m1/s1. The molecule has 1 saturated heterocycles. The highest BCUT2D eigenvalue weighted by Gasteiger charge is 2.26. The summed E-state index contributed by atoms with van der Waals surface area (Å²) in [6.45, 7) is 7.48. The van der Waals surface area contributed by atoms with Gasteiger partial charge in [0.25, 0.3) is 0 Å². The van der Waals surface area contributed by atoms with E-state index in [1.54, 1.807) is 4.90 Å². The summed E-state index contributed by atoms with van der Waals surface area (Å²) in [7, 11) is 0. The molecule has 0 N–H and O–H groups in total. The smallest absolute Gasteiger partial charge is 0.242 e. The second-order valence-electron chi connectivity index (χ2n) is 11.0. The van der Waals surface area contributed by atoms with E-state index >= 15 is 0 Å². The summed E-state index contributed by atoms with van der Waals surface area (Å²) in [5, 5.41) is 9.00. The second-order valence-corrected chi connectivity index (χ2v) is 11.0. The molecule has 1 aliphatic heterocycles. The van der Waals surface area contributed by atoms with Gasteiger partial charge in [-0.2, -0.15) is 0 Å². The van der Waals surface area contributed by atoms with Crippen LogP contribution in [0.25, 0.3) is 22.4 Å². The number of anilines is 1. The molecule has 0 aliphatic carbocycles. The number of carbonyl (C=O) groups excluding carboxylic acids is 2. The summed E-state index contributed by atoms with van der Waals surface area (Å²) in [6, 6.07) is 32.4. The predicted molar refractivity (Wildman–Crippen MR) is 168 cm³/mol. The first-order chi connectivity index (χ1) is 20.5. The molecule has 1 atom stereocenters. The number of piperazine rings is 1. The van der Waals surface area contributed by atoms with Crippen molar-refractivity contribution in [2.24, 2.45) is 5.92 Å². The van der Waals surface area contributed by atoms with Crippen LogP contribution in [0, 0.1) is 5.92 Å². The van der Waals surface area contributed by atoms with Gasteiger partial charge in [-0.25, -0.2) is 0 Å². The number of amides is 2. The Hall–Kier alpha value is -4.52. The van der Waals surface area contributed by atoms with Gasteiger partial charge in [0.2, 0.25) is 11.8 Å². The Morgan fingerprint density at radius 3 is 2.00 bits per heavy atom. The van der Waals surface area contributed by atoms with Crippen LogP contribution in [0.5, 0.6) is 0 Å². The molecule has 0 saturated carbocycles. The van der Waals surface area contributed by atoms with E-state index in [1.807, 2.05) is 65.6 Å². The van der Waals surface area contributed by atoms with Gasteiger partial charge in [0.1, 0.15) is 0 Å². The van der Waals surface area contributed by atoms with Crippen molar-refractivity contribution in [3.63, 3.8) is 0 Å². The first-order valence-electron chi connectivity index (χ1n) is 14.8. The molecular formula is C35H39N5O2. The minimum Gasteiger partial charge on any atom is -0.352 e. The summed E-state index contributed by atoms with van der Waals surface area (Å²) < 4.78 is 0. The van der Waals surface area contributed by atoms with Crippen molar-refractivity contribution >= 4 is 17.6 Å². The molecule has 0 radical (unpaired) electrons. The molecule has 216 valence electrons. The minimum atomic E-state index is -0.00134. The van der Waals surface area contributed by atoms with Crippen molar-refractivity contribution in [3.05, 3.63) is 103 Å². The van der Waals surface area contributed by atoms with E-state index in [0.29, 0.717) is 45.1 Å². The van der Waals surface area contributed by atoms with Crippen LogP contribution >= 0.6 is 0 Å². The Bertz CT molecular complexity index is 1430. The molecule has 0 unspecified atom stereocenters. The summed E-state index contributed by atoms with van der Waals surface area (Å²) in [6.07, 6.45) is 1.27. The van der Waals surface area contributed by atoms with Crippen molar-refractivity contribution in [1.29, 1.82) is 0 Å². The fraction of sp³-hybridized carbons (Fsp3) is 0.314. The van der Waals surface area contributed by atoms with Crippen molar-refractivity contribution in [3.8, 4) is 22.4 Å². The van der Waals surface area contributed by atoms with Crippen LogP contribution in [-0.2, 0) is 16.0 Å². The van der Waals surface area contributed by atoms with E-state index in [2.05, 4.69) is 65.3 Å². The first kappa shape index (κ1) is 29.0. The summed E-state index contributed by atoms with van der Waals surface area (Å²) in [5.41, 5.74) is 5.17. The maximum Gasteiger partial charge on any atom is 0.242 e. The largest absolute Gasteiger partial charge is 0.352 e. The lowest BCUT2D eigenvalue weighted by molar-refractivity contribution is -0.140. The zero-order valence-electron chi connectivity index (χ0n) is 24.5. The van der Waals surface area contributed by atoms with Crippen LogP contribution in [0.2, 0.25) is 0 Å². The molecule has 4 aromatic rings. The summed E-state index contributed by atoms with van der Waals surface area (Å²) >= 11 is 0. The number of aromatic nitrogens is 2. The second kappa shape index (κ2) is 13.9. The molecule has 7 nitrogen and oxygen atoms in total. The SMILES string of the molecule is CC[C@@H](C)CN(CC(=O)N1CCN(c2ccc(-c3ccc(-c4ccccc4)cc3)nn2)CC1)C(=O)Cc1ccccc1. The zero-order chi connectivity index (χ0) is 29.3. The number of carbonyl (C=O) groups is 2. The van der Waals surface area contributed by atoms with E-state index < -0.39 is 0 Å². The molecule has 1 aromatic heterocycles. The number of hydrogen-bond donors (Lipinski definition) is 0. The summed E-state index contributed by atoms with van der Waals surface area (Å²) in [5.74, 6) is 1.14. The van der Waals surface area contributed by atoms with Gasteiger partial charge in [-0.15, -0.1) is 10.2 Å². The van der Waals surface area contributed by atoms with Crippen LogP contribution in [0.15, 0.2) is 97.1 Å². The van der Waals surface area contributed by atoms with Crippen molar-refractivity contribution in [2.75, 3.05) is 44.2 Å². The Kier molecular flexibility index (Phi) is 9.59. The van der Waals surface area contributed by atoms with E-state index in [9.17, 15) is 9.59 Å². The normalized spacial score (nSPS) is 14.0. The quantitative estimate of drug-likeness (QED) is 0.253. The molecule has 1 fully saturated rings. The van der Waals surface area contributed by atoms with Crippen LogP contribution in [-0.4, -0.2) is 71.1 Å². The molecule has 1 aliphatic rings. The van der Waals surface area contributed by atoms with Crippen molar-refractivity contribution < 1.29 is 9.59 Å².